The summed E-state index contributed by atoms with van der Waals surface area (Å²) in [4.78, 5) is 117. The first kappa shape index (κ1) is 108. The molecule has 0 bridgehead atoms. The number of thiazole rings is 1. The summed E-state index contributed by atoms with van der Waals surface area (Å²) in [5.41, 5.74) is 24.5. The smallest absolute Gasteiger partial charge is 0.266 e. The third-order valence-corrected chi connectivity index (χ3v) is 28.3. The van der Waals surface area contributed by atoms with Crippen LogP contribution < -0.4 is 24.5 Å². The van der Waals surface area contributed by atoms with Crippen molar-refractivity contribution in [2.75, 3.05) is 89.9 Å². The van der Waals surface area contributed by atoms with E-state index in [0.717, 1.165) is 147 Å². The maximum Gasteiger partial charge on any atom is 0.266 e. The molecule has 150 heavy (non-hydrogen) atoms. The highest BCUT2D eigenvalue weighted by molar-refractivity contribution is 7.13. The Balaban J connectivity index is 0.000000140. The molecule has 15 aromatic rings. The number of tetrazole rings is 1. The zero-order valence-corrected chi connectivity index (χ0v) is 86.9. The Hall–Kier alpha value is -15.9. The van der Waals surface area contributed by atoms with Gasteiger partial charge in [-0.05, 0) is 254 Å². The zero-order valence-electron chi connectivity index (χ0n) is 84.5. The van der Waals surface area contributed by atoms with Crippen molar-refractivity contribution in [2.24, 2.45) is 7.05 Å². The zero-order chi connectivity index (χ0) is 105. The molecule has 0 saturated carbocycles. The van der Waals surface area contributed by atoms with Gasteiger partial charge in [0.15, 0.2) is 69.0 Å². The minimum atomic E-state index is -0.840. The van der Waals surface area contributed by atoms with E-state index in [-0.39, 0.29) is 78.1 Å². The number of rotatable bonds is 25. The minimum absolute atomic E-state index is 0. The van der Waals surface area contributed by atoms with E-state index in [1.165, 1.54) is 74.1 Å². The molecule has 0 spiro atoms. The molecule has 24 nitrogen and oxygen atoms in total. The summed E-state index contributed by atoms with van der Waals surface area (Å²) in [6, 6.07) is 50.0. The summed E-state index contributed by atoms with van der Waals surface area (Å²) in [5.74, 6) is -1.81. The van der Waals surface area contributed by atoms with Crippen LogP contribution in [0.2, 0.25) is 0 Å². The van der Waals surface area contributed by atoms with E-state index in [9.17, 15) is 50.3 Å². The molecule has 0 N–H and O–H groups in total. The molecule has 20 rings (SSSR count). The number of ketones is 5. The summed E-state index contributed by atoms with van der Waals surface area (Å²) in [6.45, 7) is 22.7. The Morgan fingerprint density at radius 1 is 0.340 bits per heavy atom. The van der Waals surface area contributed by atoms with Crippen molar-refractivity contribution in [3.05, 3.63) is 430 Å². The number of hydrogen-bond acceptors (Lipinski definition) is 24. The number of nitrogens with zero attached hydrogens (tertiary/aromatic N) is 19. The molecule has 0 fully saturated rings. The van der Waals surface area contributed by atoms with Gasteiger partial charge in [0.1, 0.15) is 17.5 Å². The lowest BCUT2D eigenvalue weighted by Crippen LogP contribution is -2.32. The number of benzene rings is 5. The molecule has 5 aromatic carbocycles. The van der Waals surface area contributed by atoms with Crippen molar-refractivity contribution < 1.29 is 50.3 Å². The largest absolute Gasteiger partial charge is 0.350 e. The highest BCUT2D eigenvalue weighted by Crippen LogP contribution is 2.38. The van der Waals surface area contributed by atoms with Gasteiger partial charge >= 0.3 is 0 Å². The van der Waals surface area contributed by atoms with Crippen molar-refractivity contribution in [1.29, 1.82) is 0 Å². The van der Waals surface area contributed by atoms with Gasteiger partial charge in [0, 0.05) is 204 Å². The van der Waals surface area contributed by atoms with Crippen LogP contribution in [-0.4, -0.2) is 164 Å². The lowest BCUT2D eigenvalue weighted by Gasteiger charge is -2.31. The molecule has 766 valence electrons. The molecular weight excluding hydrogens is 1970 g/mol. The van der Waals surface area contributed by atoms with Crippen LogP contribution in [-0.2, 0) is 39.2 Å². The molecule has 0 aliphatic carbocycles. The topological polar surface area (TPSA) is 274 Å². The molecule has 15 heterocycles. The normalized spacial score (nSPS) is 14.1. The van der Waals surface area contributed by atoms with Gasteiger partial charge in [-0.3, -0.25) is 53.9 Å². The first-order valence-corrected chi connectivity index (χ1v) is 50.2. The number of hydrogen-bond donors (Lipinski definition) is 0. The maximum atomic E-state index is 14.2. The molecule has 0 amide bonds. The van der Waals surface area contributed by atoms with Gasteiger partial charge in [0.25, 0.3) is 5.95 Å². The van der Waals surface area contributed by atoms with Crippen molar-refractivity contribution in [2.45, 2.75) is 120 Å². The average Bonchev–Trinajstić information content (AvgIpc) is 0.944. The van der Waals surface area contributed by atoms with E-state index in [2.05, 4.69) is 127 Å². The van der Waals surface area contributed by atoms with E-state index in [1.54, 1.807) is 154 Å². The van der Waals surface area contributed by atoms with Crippen LogP contribution in [0.1, 0.15) is 190 Å². The van der Waals surface area contributed by atoms with Crippen LogP contribution in [0.15, 0.2) is 289 Å². The van der Waals surface area contributed by atoms with Crippen molar-refractivity contribution >= 4 is 121 Å². The summed E-state index contributed by atoms with van der Waals surface area (Å²) < 4.78 is 83.9. The van der Waals surface area contributed by atoms with Crippen LogP contribution >= 0.6 is 35.3 Å². The molecule has 33 heteroatoms. The van der Waals surface area contributed by atoms with Gasteiger partial charge in [-0.1, -0.05) is 136 Å². The predicted molar refractivity (Wildman–Crippen MR) is 578 cm³/mol. The number of aromatic nitrogens is 14. The minimum Gasteiger partial charge on any atom is -0.350 e. The van der Waals surface area contributed by atoms with Crippen LogP contribution in [0.25, 0.3) is 27.9 Å². The molecule has 0 unspecified atom stereocenters. The number of carbonyl (C=O) groups is 5. The molecule has 5 aliphatic heterocycles. The summed E-state index contributed by atoms with van der Waals surface area (Å²) in [7, 11) is 1.75. The molecule has 0 radical (unpaired) electrons. The molecule has 10 aromatic heterocycles. The van der Waals surface area contributed by atoms with Crippen LogP contribution in [0.4, 0.5) is 54.9 Å². The fourth-order valence-electron chi connectivity index (χ4n) is 18.3. The first-order valence-electron chi connectivity index (χ1n) is 49.0. The van der Waals surface area contributed by atoms with Gasteiger partial charge in [0.05, 0.1) is 43.0 Å². The molecule has 0 saturated heterocycles. The standard InChI is InChI=1S/2C25H24FN3O.C23H22FN5O.C22H17ClF2N2OS.C22H23FN6O.ClH/c1-17-10-13-29(25-23(26)4-3-11-28-25)16-22(17)20-7-5-19(6-8-20)14-24(30)21-9-12-27-15-18(21)2;1-17-9-12-27-15-21(17)24(30)14-19-5-7-20(8-6-19)22-16-29(13-10-18(22)2)25-23(26)4-3-11-28-25;1-15-5-8-25-12-18(15)22(30)10-17-11-28-21(13-27-17)19-14-29(9-6-16(19)2)23-20(24)4-3-7-26-23;23-17-8-10-27(22-26-9-11-29-22)13-16(17)15-6-4-14(5-7-15)12-20(28)21-18(24)2-1-3-19(21)25;1-14-9-10-29(22-25-27-28(3)26-22)13-19(14)16-7-8-17(24-12-16)11-21(30)18-5-4-6-20(23)15(18)2;/h2*3-9,11-12,15H,10,13-14,16H2,1-2H3;3-5,7-8,11-13H,6,9-10,14H2,1-2H3;1-7,9,11H,8,10,12-13H2;4-8,12H,9-11,13H2,1-3H3;1H. The van der Waals surface area contributed by atoms with E-state index < -0.39 is 23.0 Å². The third-order valence-electron chi connectivity index (χ3n) is 27.0. The van der Waals surface area contributed by atoms with Gasteiger partial charge in [-0.2, -0.15) is 4.80 Å². The van der Waals surface area contributed by atoms with E-state index in [4.69, 9.17) is 11.6 Å². The van der Waals surface area contributed by atoms with Gasteiger partial charge < -0.3 is 24.5 Å². The van der Waals surface area contributed by atoms with Crippen molar-refractivity contribution in [3.63, 3.8) is 0 Å². The summed E-state index contributed by atoms with van der Waals surface area (Å²) in [6.07, 6.45) is 26.8. The van der Waals surface area contributed by atoms with E-state index >= 15 is 0 Å². The third kappa shape index (κ3) is 27.2. The summed E-state index contributed by atoms with van der Waals surface area (Å²) in [5, 5.41) is 16.0. The second-order valence-corrected chi connectivity index (χ2v) is 38.5. The Labute approximate surface area is 882 Å². The van der Waals surface area contributed by atoms with Crippen LogP contribution in [0.3, 0.4) is 0 Å². The second kappa shape index (κ2) is 50.7. The fraction of sp³-hybridized carbons (Fsp3) is 0.248. The Morgan fingerprint density at radius 2 is 0.760 bits per heavy atom. The highest BCUT2D eigenvalue weighted by atomic mass is 35.5. The predicted octanol–water partition coefficient (Wildman–Crippen LogP) is 23.2. The number of pyridine rings is 7. The SMILES string of the molecule is CC1=C(c2ccc(CC(=O)c3cccc(F)c3C)nc2)CN(c2nnn(C)n2)CC1.CC1=C(c2ccc(CC(=O)c3ccncc3C)cc2)CN(c2ncccc2F)CC1.CC1=C(c2ccc(CC(=O)c3cnccc3C)cc2)CN(c2ncccc2F)CC1.CC1=C(c2cnc(CC(=O)c3cnccc3C)cn2)CN(c2ncccc2F)CC1.Cl.O=C(Cc1ccc(C2=C(Cl)CCN(c3nccs3)C2)cc1)c1c(F)cccc1F. The first-order chi connectivity index (χ1) is 72.0. The average molecular weight is 2080 g/mol. The van der Waals surface area contributed by atoms with Gasteiger partial charge in [-0.25, -0.2) is 46.3 Å². The molecule has 5 aliphatic rings. The van der Waals surface area contributed by atoms with E-state index in [1.807, 2.05) is 102 Å². The Bertz CT molecular complexity index is 7140. The highest BCUT2D eigenvalue weighted by Gasteiger charge is 2.30. The number of anilines is 5. The van der Waals surface area contributed by atoms with Crippen LogP contribution in [0, 0.1) is 62.6 Å². The van der Waals surface area contributed by atoms with Crippen molar-refractivity contribution in [3.8, 4) is 0 Å². The van der Waals surface area contributed by atoms with E-state index in [0.29, 0.717) is 120 Å². The van der Waals surface area contributed by atoms with Crippen LogP contribution in [0.5, 0.6) is 0 Å². The Kier molecular flexibility index (Phi) is 36.6. The Morgan fingerprint density at radius 3 is 1.24 bits per heavy atom. The quantitative estimate of drug-likeness (QED) is 0.0380. The van der Waals surface area contributed by atoms with Crippen molar-refractivity contribution in [1.82, 2.24) is 70.0 Å². The monoisotopic (exact) mass is 2080 g/mol. The summed E-state index contributed by atoms with van der Waals surface area (Å²) >= 11 is 8.07. The second-order valence-electron chi connectivity index (χ2n) is 37.2. The maximum absolute atomic E-state index is 14.2. The number of carbonyl (C=O) groups excluding carboxylic acids is 5. The van der Waals surface area contributed by atoms with Gasteiger partial charge in [-0.15, -0.1) is 28.8 Å². The van der Waals surface area contributed by atoms with Gasteiger partial charge in [0.2, 0.25) is 0 Å². The molecule has 0 atom stereocenters. The lowest BCUT2D eigenvalue weighted by molar-refractivity contribution is 0.0977. The lowest BCUT2D eigenvalue weighted by atomic mass is 9.93. The fourth-order valence-corrected chi connectivity index (χ4v) is 19.2. The number of aryl methyl sites for hydroxylation is 4. The molecular formula is C117H111Cl2F6N19O5S. The number of halogens is 8. The number of Topliss-reactive ketones (excluding diaryl/α,β-unsaturated/α-hetero) is 5.